The lowest BCUT2D eigenvalue weighted by atomic mass is 10.1. The molecule has 0 spiro atoms. The molecule has 0 atom stereocenters. The Morgan fingerprint density at radius 1 is 1.33 bits per heavy atom. The van der Waals surface area contributed by atoms with E-state index in [0.717, 1.165) is 11.4 Å². The summed E-state index contributed by atoms with van der Waals surface area (Å²) < 4.78 is 1.90. The second-order valence-electron chi connectivity index (χ2n) is 6.86. The number of benzene rings is 1. The van der Waals surface area contributed by atoms with Crippen LogP contribution in [-0.2, 0) is 7.05 Å². The SMILES string of the molecule is Cc1ccc(O)c(C)c1NC(=O)c1cnc(Nc2cc(C3CC3)n(C)n2)s1. The minimum Gasteiger partial charge on any atom is -0.508 e. The van der Waals surface area contributed by atoms with E-state index in [0.29, 0.717) is 27.2 Å². The summed E-state index contributed by atoms with van der Waals surface area (Å²) in [7, 11) is 1.94. The fourth-order valence-corrected chi connectivity index (χ4v) is 3.77. The van der Waals surface area contributed by atoms with E-state index in [-0.39, 0.29) is 11.7 Å². The summed E-state index contributed by atoms with van der Waals surface area (Å²) in [5.74, 6) is 1.26. The van der Waals surface area contributed by atoms with E-state index in [2.05, 4.69) is 20.7 Å². The number of phenols is 1. The minimum absolute atomic E-state index is 0.157. The van der Waals surface area contributed by atoms with Crippen LogP contribution in [0.2, 0.25) is 0 Å². The Bertz CT molecular complexity index is 1020. The van der Waals surface area contributed by atoms with Gasteiger partial charge >= 0.3 is 0 Å². The second-order valence-corrected chi connectivity index (χ2v) is 7.89. The summed E-state index contributed by atoms with van der Waals surface area (Å²) in [4.78, 5) is 17.3. The minimum atomic E-state index is -0.253. The Kier molecular flexibility index (Phi) is 4.35. The van der Waals surface area contributed by atoms with Gasteiger partial charge in [-0.15, -0.1) is 0 Å². The molecule has 1 aliphatic carbocycles. The Labute approximate surface area is 161 Å². The van der Waals surface area contributed by atoms with Crippen molar-refractivity contribution in [3.05, 3.63) is 46.1 Å². The van der Waals surface area contributed by atoms with Crippen LogP contribution in [0.15, 0.2) is 24.4 Å². The molecule has 2 aromatic heterocycles. The molecule has 4 rings (SSSR count). The van der Waals surface area contributed by atoms with Gasteiger partial charge in [-0.1, -0.05) is 17.4 Å². The van der Waals surface area contributed by atoms with E-state index in [9.17, 15) is 9.90 Å². The number of nitrogens with one attached hydrogen (secondary N) is 2. The van der Waals surface area contributed by atoms with Crippen molar-refractivity contribution in [3.63, 3.8) is 0 Å². The molecule has 3 N–H and O–H groups in total. The molecule has 27 heavy (non-hydrogen) atoms. The van der Waals surface area contributed by atoms with Gasteiger partial charge in [-0.05, 0) is 38.3 Å². The van der Waals surface area contributed by atoms with Gasteiger partial charge in [0.15, 0.2) is 10.9 Å². The van der Waals surface area contributed by atoms with E-state index >= 15 is 0 Å². The first-order valence-electron chi connectivity index (χ1n) is 8.79. The lowest BCUT2D eigenvalue weighted by Gasteiger charge is -2.11. The van der Waals surface area contributed by atoms with Crippen LogP contribution in [0, 0.1) is 13.8 Å². The van der Waals surface area contributed by atoms with Gasteiger partial charge in [0.25, 0.3) is 5.91 Å². The van der Waals surface area contributed by atoms with E-state index in [4.69, 9.17) is 0 Å². The maximum atomic E-state index is 12.6. The number of amides is 1. The molecule has 1 aromatic carbocycles. The Morgan fingerprint density at radius 2 is 2.11 bits per heavy atom. The number of carbonyl (C=O) groups excluding carboxylic acids is 1. The van der Waals surface area contributed by atoms with Crippen LogP contribution in [0.1, 0.15) is 45.3 Å². The molecule has 8 heteroatoms. The van der Waals surface area contributed by atoms with Crippen LogP contribution in [0.3, 0.4) is 0 Å². The van der Waals surface area contributed by atoms with Crippen LogP contribution in [0.25, 0.3) is 0 Å². The van der Waals surface area contributed by atoms with Crippen molar-refractivity contribution < 1.29 is 9.90 Å². The predicted octanol–water partition coefficient (Wildman–Crippen LogP) is 4.07. The van der Waals surface area contributed by atoms with E-state index < -0.39 is 0 Å². The summed E-state index contributed by atoms with van der Waals surface area (Å²) in [6, 6.07) is 5.44. The van der Waals surface area contributed by atoms with Crippen molar-refractivity contribution >= 4 is 33.9 Å². The Hall–Kier alpha value is -2.87. The van der Waals surface area contributed by atoms with Gasteiger partial charge in [-0.2, -0.15) is 5.10 Å². The monoisotopic (exact) mass is 383 g/mol. The topological polar surface area (TPSA) is 92.1 Å². The normalized spacial score (nSPS) is 13.6. The molecule has 0 unspecified atom stereocenters. The van der Waals surface area contributed by atoms with Crippen molar-refractivity contribution in [2.45, 2.75) is 32.6 Å². The zero-order chi connectivity index (χ0) is 19.1. The van der Waals surface area contributed by atoms with Gasteiger partial charge in [0.05, 0.1) is 11.9 Å². The maximum Gasteiger partial charge on any atom is 0.267 e. The molecule has 140 valence electrons. The Balaban J connectivity index is 1.48. The molecule has 1 fully saturated rings. The van der Waals surface area contributed by atoms with Gasteiger partial charge < -0.3 is 15.7 Å². The lowest BCUT2D eigenvalue weighted by molar-refractivity contribution is 0.103. The standard InChI is InChI=1S/C19H21N5O2S/c1-10-4-7-14(25)11(2)17(10)22-18(26)15-9-20-19(27-15)21-16-8-13(12-5-6-12)24(3)23-16/h4,7-9,12,25H,5-6H2,1-3H3,(H,22,26)(H,20,21,23). The van der Waals surface area contributed by atoms with Gasteiger partial charge in [0, 0.05) is 30.3 Å². The second kappa shape index (κ2) is 6.70. The fraction of sp³-hybridized carbons (Fsp3) is 0.316. The highest BCUT2D eigenvalue weighted by atomic mass is 32.1. The number of hydrogen-bond donors (Lipinski definition) is 3. The summed E-state index contributed by atoms with van der Waals surface area (Å²) in [5, 5.41) is 21.0. The number of aromatic nitrogens is 3. The number of nitrogens with zero attached hydrogens (tertiary/aromatic N) is 3. The number of anilines is 3. The molecular weight excluding hydrogens is 362 g/mol. The van der Waals surface area contributed by atoms with Gasteiger partial charge in [-0.25, -0.2) is 4.98 Å². The maximum absolute atomic E-state index is 12.6. The molecule has 0 saturated heterocycles. The lowest BCUT2D eigenvalue weighted by Crippen LogP contribution is -2.12. The first kappa shape index (κ1) is 17.5. The average molecular weight is 383 g/mol. The largest absolute Gasteiger partial charge is 0.508 e. The third-order valence-corrected chi connectivity index (χ3v) is 5.67. The third kappa shape index (κ3) is 3.52. The average Bonchev–Trinajstić information content (AvgIpc) is 3.26. The van der Waals surface area contributed by atoms with Gasteiger partial charge in [-0.3, -0.25) is 9.48 Å². The highest BCUT2D eigenvalue weighted by Gasteiger charge is 2.27. The molecule has 0 radical (unpaired) electrons. The van der Waals surface area contributed by atoms with Crippen LogP contribution < -0.4 is 10.6 Å². The third-order valence-electron chi connectivity index (χ3n) is 4.76. The molecule has 1 aliphatic rings. The molecule has 1 amide bonds. The van der Waals surface area contributed by atoms with Crippen LogP contribution in [0.5, 0.6) is 5.75 Å². The van der Waals surface area contributed by atoms with E-state index in [1.165, 1.54) is 29.9 Å². The van der Waals surface area contributed by atoms with Crippen molar-refractivity contribution in [1.82, 2.24) is 14.8 Å². The zero-order valence-corrected chi connectivity index (χ0v) is 16.2. The first-order chi connectivity index (χ1) is 12.9. The molecule has 0 bridgehead atoms. The number of aromatic hydroxyl groups is 1. The zero-order valence-electron chi connectivity index (χ0n) is 15.4. The van der Waals surface area contributed by atoms with Crippen LogP contribution >= 0.6 is 11.3 Å². The fourth-order valence-electron chi connectivity index (χ4n) is 3.05. The van der Waals surface area contributed by atoms with Crippen molar-refractivity contribution in [2.75, 3.05) is 10.6 Å². The number of rotatable bonds is 5. The van der Waals surface area contributed by atoms with E-state index in [1.54, 1.807) is 25.3 Å². The molecule has 0 aliphatic heterocycles. The van der Waals surface area contributed by atoms with Crippen LogP contribution in [-0.4, -0.2) is 25.8 Å². The summed E-state index contributed by atoms with van der Waals surface area (Å²) >= 11 is 1.26. The molecular formula is C19H21N5O2S. The molecule has 1 saturated carbocycles. The molecule has 3 aromatic rings. The number of aryl methyl sites for hydroxylation is 2. The van der Waals surface area contributed by atoms with Crippen molar-refractivity contribution in [2.24, 2.45) is 7.05 Å². The number of thiazole rings is 1. The number of phenolic OH excluding ortho intramolecular Hbond substituents is 1. The highest BCUT2D eigenvalue weighted by Crippen LogP contribution is 2.40. The predicted molar refractivity (Wildman–Crippen MR) is 106 cm³/mol. The number of hydrogen-bond acceptors (Lipinski definition) is 6. The Morgan fingerprint density at radius 3 is 2.85 bits per heavy atom. The van der Waals surface area contributed by atoms with Crippen LogP contribution in [0.4, 0.5) is 16.6 Å². The quantitative estimate of drug-likeness (QED) is 0.618. The van der Waals surface area contributed by atoms with Gasteiger partial charge in [0.1, 0.15) is 10.6 Å². The van der Waals surface area contributed by atoms with Crippen molar-refractivity contribution in [3.8, 4) is 5.75 Å². The highest BCUT2D eigenvalue weighted by molar-refractivity contribution is 7.17. The van der Waals surface area contributed by atoms with Gasteiger partial charge in [0.2, 0.25) is 0 Å². The molecule has 7 nitrogen and oxygen atoms in total. The molecule has 2 heterocycles. The van der Waals surface area contributed by atoms with Crippen molar-refractivity contribution in [1.29, 1.82) is 0 Å². The first-order valence-corrected chi connectivity index (χ1v) is 9.61. The van der Waals surface area contributed by atoms with E-state index in [1.807, 2.05) is 24.7 Å². The number of carbonyl (C=O) groups is 1. The summed E-state index contributed by atoms with van der Waals surface area (Å²) in [5.41, 5.74) is 3.39. The summed E-state index contributed by atoms with van der Waals surface area (Å²) in [6.07, 6.45) is 3.98. The smallest absolute Gasteiger partial charge is 0.267 e. The summed E-state index contributed by atoms with van der Waals surface area (Å²) in [6.45, 7) is 3.66.